The van der Waals surface area contributed by atoms with Gasteiger partial charge in [-0.1, -0.05) is 0 Å². The van der Waals surface area contributed by atoms with Crippen molar-refractivity contribution < 1.29 is 27.1 Å². The second-order valence-corrected chi connectivity index (χ2v) is 5.19. The quantitative estimate of drug-likeness (QED) is 0.821. The summed E-state index contributed by atoms with van der Waals surface area (Å²) in [5.41, 5.74) is 0.382. The Bertz CT molecular complexity index is 640. The molecule has 1 heterocycles. The zero-order chi connectivity index (χ0) is 16.1. The second kappa shape index (κ2) is 7.26. The summed E-state index contributed by atoms with van der Waals surface area (Å²) in [6, 6.07) is 4.34. The van der Waals surface area contributed by atoms with Crippen molar-refractivity contribution in [3.63, 3.8) is 0 Å². The van der Waals surface area contributed by atoms with Crippen molar-refractivity contribution in [3.05, 3.63) is 51.7 Å². The van der Waals surface area contributed by atoms with Crippen LogP contribution < -0.4 is 10.1 Å². The Hall–Kier alpha value is -2.09. The minimum absolute atomic E-state index is 0.0192. The highest BCUT2D eigenvalue weighted by atomic mass is 32.1. The smallest absolute Gasteiger partial charge is 0.387 e. The number of carbonyl (C=O) groups is 1. The van der Waals surface area contributed by atoms with E-state index in [1.807, 2.05) is 0 Å². The standard InChI is InChI=1S/C14H11F4NO2S/c15-9-5-8(6-10(16)7-9)1-3-19-13(20)12-11(2-4-22-12)21-14(17)18/h2,4-7,14H,1,3H2,(H,19,20). The third kappa shape index (κ3) is 4.45. The summed E-state index contributed by atoms with van der Waals surface area (Å²) in [5.74, 6) is -2.18. The van der Waals surface area contributed by atoms with Crippen molar-refractivity contribution in [1.82, 2.24) is 5.32 Å². The van der Waals surface area contributed by atoms with E-state index in [2.05, 4.69) is 10.1 Å². The van der Waals surface area contributed by atoms with Crippen LogP contribution in [0.25, 0.3) is 0 Å². The molecule has 0 bridgehead atoms. The lowest BCUT2D eigenvalue weighted by Gasteiger charge is -2.07. The van der Waals surface area contributed by atoms with Gasteiger partial charge < -0.3 is 10.1 Å². The second-order valence-electron chi connectivity index (χ2n) is 4.28. The fraction of sp³-hybridized carbons (Fsp3) is 0.214. The number of alkyl halides is 2. The Balaban J connectivity index is 1.91. The molecule has 8 heteroatoms. The highest BCUT2D eigenvalue weighted by Gasteiger charge is 2.17. The van der Waals surface area contributed by atoms with Gasteiger partial charge >= 0.3 is 6.61 Å². The molecule has 0 spiro atoms. The highest BCUT2D eigenvalue weighted by Crippen LogP contribution is 2.26. The summed E-state index contributed by atoms with van der Waals surface area (Å²) < 4.78 is 54.6. The average molecular weight is 333 g/mol. The molecule has 22 heavy (non-hydrogen) atoms. The molecule has 3 nitrogen and oxygen atoms in total. The highest BCUT2D eigenvalue weighted by molar-refractivity contribution is 7.12. The van der Waals surface area contributed by atoms with Gasteiger partial charge in [-0.15, -0.1) is 11.3 Å². The van der Waals surface area contributed by atoms with Gasteiger partial charge in [-0.3, -0.25) is 4.79 Å². The van der Waals surface area contributed by atoms with Crippen LogP contribution in [0.1, 0.15) is 15.2 Å². The number of nitrogens with one attached hydrogen (secondary N) is 1. The summed E-state index contributed by atoms with van der Waals surface area (Å²) in [4.78, 5) is 11.9. The molecule has 0 aliphatic carbocycles. The third-order valence-corrected chi connectivity index (χ3v) is 3.57. The number of ether oxygens (including phenoxy) is 1. The zero-order valence-electron chi connectivity index (χ0n) is 11.1. The van der Waals surface area contributed by atoms with Gasteiger partial charge in [-0.2, -0.15) is 8.78 Å². The number of thiophene rings is 1. The Labute approximate surface area is 127 Å². The SMILES string of the molecule is O=C(NCCc1cc(F)cc(F)c1)c1sccc1OC(F)F. The van der Waals surface area contributed by atoms with Crippen molar-refractivity contribution in [2.24, 2.45) is 0 Å². The van der Waals surface area contributed by atoms with Crippen LogP contribution in [0.5, 0.6) is 5.75 Å². The molecule has 118 valence electrons. The van der Waals surface area contributed by atoms with Crippen molar-refractivity contribution in [1.29, 1.82) is 0 Å². The van der Waals surface area contributed by atoms with Crippen LogP contribution in [0.2, 0.25) is 0 Å². The Morgan fingerprint density at radius 3 is 2.55 bits per heavy atom. The first-order chi connectivity index (χ1) is 10.5. The van der Waals surface area contributed by atoms with Gasteiger partial charge in [-0.05, 0) is 35.6 Å². The summed E-state index contributed by atoms with van der Waals surface area (Å²) >= 11 is 0.960. The van der Waals surface area contributed by atoms with Gasteiger partial charge in [0.25, 0.3) is 5.91 Å². The summed E-state index contributed by atoms with van der Waals surface area (Å²) in [5, 5.41) is 3.94. The third-order valence-electron chi connectivity index (χ3n) is 2.67. The monoisotopic (exact) mass is 333 g/mol. The normalized spacial score (nSPS) is 10.8. The summed E-state index contributed by atoms with van der Waals surface area (Å²) in [7, 11) is 0. The van der Waals surface area contributed by atoms with E-state index in [-0.39, 0.29) is 23.6 Å². The molecule has 0 radical (unpaired) electrons. The van der Waals surface area contributed by atoms with E-state index < -0.39 is 24.2 Å². The van der Waals surface area contributed by atoms with Crippen LogP contribution >= 0.6 is 11.3 Å². The molecular formula is C14H11F4NO2S. The van der Waals surface area contributed by atoms with E-state index in [0.29, 0.717) is 5.56 Å². The Morgan fingerprint density at radius 1 is 1.23 bits per heavy atom. The van der Waals surface area contributed by atoms with E-state index >= 15 is 0 Å². The first-order valence-electron chi connectivity index (χ1n) is 6.21. The zero-order valence-corrected chi connectivity index (χ0v) is 11.9. The van der Waals surface area contributed by atoms with E-state index in [0.717, 1.165) is 29.5 Å². The topological polar surface area (TPSA) is 38.3 Å². The lowest BCUT2D eigenvalue weighted by Crippen LogP contribution is -2.25. The molecule has 1 N–H and O–H groups in total. The molecule has 1 aromatic carbocycles. The molecule has 0 unspecified atom stereocenters. The van der Waals surface area contributed by atoms with Crippen LogP contribution in [-0.4, -0.2) is 19.1 Å². The van der Waals surface area contributed by atoms with Crippen LogP contribution in [-0.2, 0) is 6.42 Å². The summed E-state index contributed by atoms with van der Waals surface area (Å²) in [6.07, 6.45) is 0.205. The lowest BCUT2D eigenvalue weighted by atomic mass is 10.1. The molecule has 0 saturated heterocycles. The van der Waals surface area contributed by atoms with Crippen LogP contribution in [0.4, 0.5) is 17.6 Å². The number of benzene rings is 1. The first kappa shape index (κ1) is 16.3. The largest absolute Gasteiger partial charge is 0.433 e. The predicted molar refractivity (Wildman–Crippen MR) is 73.3 cm³/mol. The van der Waals surface area contributed by atoms with Gasteiger partial charge in [0.1, 0.15) is 22.3 Å². The number of rotatable bonds is 6. The molecular weight excluding hydrogens is 322 g/mol. The maximum atomic E-state index is 13.0. The van der Waals surface area contributed by atoms with Gasteiger partial charge in [-0.25, -0.2) is 8.78 Å². The molecule has 1 amide bonds. The van der Waals surface area contributed by atoms with E-state index in [9.17, 15) is 22.4 Å². The van der Waals surface area contributed by atoms with E-state index in [1.54, 1.807) is 0 Å². The molecule has 0 aliphatic heterocycles. The number of carbonyl (C=O) groups excluding carboxylic acids is 1. The maximum Gasteiger partial charge on any atom is 0.387 e. The average Bonchev–Trinajstić information content (AvgIpc) is 2.84. The minimum Gasteiger partial charge on any atom is -0.433 e. The fourth-order valence-corrected chi connectivity index (χ4v) is 2.55. The van der Waals surface area contributed by atoms with Crippen LogP contribution in [0.15, 0.2) is 29.6 Å². The summed E-state index contributed by atoms with van der Waals surface area (Å²) in [6.45, 7) is -2.91. The molecule has 1 aromatic heterocycles. The van der Waals surface area contributed by atoms with Gasteiger partial charge in [0, 0.05) is 12.6 Å². The molecule has 0 aliphatic rings. The number of hydrogen-bond acceptors (Lipinski definition) is 3. The van der Waals surface area contributed by atoms with E-state index in [1.165, 1.54) is 11.4 Å². The number of amides is 1. The first-order valence-corrected chi connectivity index (χ1v) is 7.09. The molecule has 0 fully saturated rings. The Kier molecular flexibility index (Phi) is 5.37. The molecule has 2 aromatic rings. The number of halogens is 4. The molecule has 2 rings (SSSR count). The van der Waals surface area contributed by atoms with E-state index in [4.69, 9.17) is 0 Å². The predicted octanol–water partition coefficient (Wildman–Crippen LogP) is 3.60. The molecule has 0 saturated carbocycles. The fourth-order valence-electron chi connectivity index (χ4n) is 1.81. The lowest BCUT2D eigenvalue weighted by molar-refractivity contribution is -0.0498. The van der Waals surface area contributed by atoms with Gasteiger partial charge in [0.2, 0.25) is 0 Å². The van der Waals surface area contributed by atoms with Gasteiger partial charge in [0.05, 0.1) is 0 Å². The van der Waals surface area contributed by atoms with Crippen molar-refractivity contribution >= 4 is 17.2 Å². The minimum atomic E-state index is -3.02. The van der Waals surface area contributed by atoms with Crippen molar-refractivity contribution in [2.75, 3.05) is 6.54 Å². The van der Waals surface area contributed by atoms with Crippen LogP contribution in [0, 0.1) is 11.6 Å². The Morgan fingerprint density at radius 2 is 1.91 bits per heavy atom. The van der Waals surface area contributed by atoms with Crippen LogP contribution in [0.3, 0.4) is 0 Å². The number of hydrogen-bond donors (Lipinski definition) is 1. The van der Waals surface area contributed by atoms with Crippen molar-refractivity contribution in [3.8, 4) is 5.75 Å². The van der Waals surface area contributed by atoms with Gasteiger partial charge in [0.15, 0.2) is 0 Å². The molecule has 0 atom stereocenters. The van der Waals surface area contributed by atoms with Crippen molar-refractivity contribution in [2.45, 2.75) is 13.0 Å². The maximum absolute atomic E-state index is 13.0.